The molecule has 1 aromatic heterocycles. The van der Waals surface area contributed by atoms with Gasteiger partial charge in [-0.05, 0) is 25.7 Å². The minimum Gasteiger partial charge on any atom is -0.384 e. The van der Waals surface area contributed by atoms with E-state index in [1.165, 1.54) is 31.5 Å². The van der Waals surface area contributed by atoms with Gasteiger partial charge >= 0.3 is 0 Å². The highest BCUT2D eigenvalue weighted by atomic mass is 15.2. The number of hydrogen-bond donors (Lipinski definition) is 1. The number of aryl methyl sites for hydroxylation is 2. The highest BCUT2D eigenvalue weighted by Crippen LogP contribution is 2.39. The molecule has 0 aliphatic heterocycles. The van der Waals surface area contributed by atoms with Gasteiger partial charge in [-0.25, -0.2) is 4.98 Å². The molecule has 1 aromatic rings. The van der Waals surface area contributed by atoms with Crippen molar-refractivity contribution < 1.29 is 0 Å². The fraction of sp³-hybridized carbons (Fsp3) is 0.750. The number of aromatic nitrogens is 2. The zero-order valence-corrected chi connectivity index (χ0v) is 9.79. The molecule has 0 bridgehead atoms. The summed E-state index contributed by atoms with van der Waals surface area (Å²) >= 11 is 0. The van der Waals surface area contributed by atoms with Crippen LogP contribution in [0.3, 0.4) is 0 Å². The van der Waals surface area contributed by atoms with Crippen molar-refractivity contribution in [2.24, 2.45) is 0 Å². The van der Waals surface area contributed by atoms with Gasteiger partial charge in [0.2, 0.25) is 0 Å². The van der Waals surface area contributed by atoms with Crippen LogP contribution < -0.4 is 5.73 Å². The van der Waals surface area contributed by atoms with E-state index >= 15 is 0 Å². The van der Waals surface area contributed by atoms with Crippen LogP contribution in [0.15, 0.2) is 0 Å². The highest BCUT2D eigenvalue weighted by Gasteiger charge is 2.28. The number of nitrogens with zero attached hydrogens (tertiary/aromatic N) is 2. The van der Waals surface area contributed by atoms with Gasteiger partial charge in [-0.2, -0.15) is 0 Å². The first-order valence-corrected chi connectivity index (χ1v) is 6.13. The third-order valence-corrected chi connectivity index (χ3v) is 3.09. The summed E-state index contributed by atoms with van der Waals surface area (Å²) in [7, 11) is 0. The predicted octanol–water partition coefficient (Wildman–Crippen LogP) is 2.71. The number of anilines is 1. The van der Waals surface area contributed by atoms with Crippen LogP contribution in [0.2, 0.25) is 0 Å². The average molecular weight is 207 g/mol. The fourth-order valence-corrected chi connectivity index (χ4v) is 2.06. The van der Waals surface area contributed by atoms with E-state index in [1.807, 2.05) is 0 Å². The maximum atomic E-state index is 6.16. The number of nitrogen functional groups attached to an aromatic ring is 1. The minimum absolute atomic E-state index is 0.655. The van der Waals surface area contributed by atoms with Gasteiger partial charge in [-0.1, -0.05) is 20.3 Å². The van der Waals surface area contributed by atoms with Gasteiger partial charge < -0.3 is 10.3 Å². The summed E-state index contributed by atoms with van der Waals surface area (Å²) in [5.74, 6) is 2.11. The summed E-state index contributed by atoms with van der Waals surface area (Å²) in [5, 5.41) is 0. The van der Waals surface area contributed by atoms with Crippen molar-refractivity contribution in [3.05, 3.63) is 11.5 Å². The zero-order chi connectivity index (χ0) is 10.8. The zero-order valence-electron chi connectivity index (χ0n) is 9.79. The van der Waals surface area contributed by atoms with Crippen molar-refractivity contribution >= 4 is 5.82 Å². The van der Waals surface area contributed by atoms with Crippen LogP contribution in [-0.2, 0) is 12.8 Å². The largest absolute Gasteiger partial charge is 0.384 e. The van der Waals surface area contributed by atoms with Crippen molar-refractivity contribution in [3.8, 4) is 0 Å². The minimum atomic E-state index is 0.655. The number of unbranched alkanes of at least 4 members (excludes halogenated alkanes) is 1. The second-order valence-corrected chi connectivity index (χ2v) is 4.42. The Kier molecular flexibility index (Phi) is 2.98. The molecular formula is C12H21N3. The second kappa shape index (κ2) is 4.25. The van der Waals surface area contributed by atoms with Gasteiger partial charge in [0, 0.05) is 12.5 Å². The maximum Gasteiger partial charge on any atom is 0.127 e. The Hall–Kier alpha value is -0.990. The first-order chi connectivity index (χ1) is 7.27. The quantitative estimate of drug-likeness (QED) is 0.806. The Morgan fingerprint density at radius 2 is 2.13 bits per heavy atom. The molecule has 0 saturated heterocycles. The molecule has 0 atom stereocenters. The first-order valence-electron chi connectivity index (χ1n) is 6.13. The Morgan fingerprint density at radius 3 is 2.67 bits per heavy atom. The fourth-order valence-electron chi connectivity index (χ4n) is 2.06. The highest BCUT2D eigenvalue weighted by molar-refractivity contribution is 5.39. The SMILES string of the molecule is CCCCc1nc(CC)n(C2CC2)c1N. The number of rotatable bonds is 5. The van der Waals surface area contributed by atoms with Crippen LogP contribution >= 0.6 is 0 Å². The van der Waals surface area contributed by atoms with Gasteiger partial charge in [0.05, 0.1) is 5.69 Å². The third-order valence-electron chi connectivity index (χ3n) is 3.09. The molecular weight excluding hydrogens is 186 g/mol. The molecule has 1 fully saturated rings. The summed E-state index contributed by atoms with van der Waals surface area (Å²) in [6.07, 6.45) is 6.98. The van der Waals surface area contributed by atoms with Gasteiger partial charge in [0.1, 0.15) is 11.6 Å². The molecule has 0 unspecified atom stereocenters. The van der Waals surface area contributed by atoms with Crippen molar-refractivity contribution in [2.75, 3.05) is 5.73 Å². The predicted molar refractivity (Wildman–Crippen MR) is 62.9 cm³/mol. The van der Waals surface area contributed by atoms with E-state index in [-0.39, 0.29) is 0 Å². The van der Waals surface area contributed by atoms with Crippen LogP contribution in [0, 0.1) is 0 Å². The third kappa shape index (κ3) is 2.01. The molecule has 3 heteroatoms. The van der Waals surface area contributed by atoms with Crippen molar-refractivity contribution in [1.29, 1.82) is 0 Å². The van der Waals surface area contributed by atoms with Crippen LogP contribution in [0.5, 0.6) is 0 Å². The first kappa shape index (κ1) is 10.5. The normalized spacial score (nSPS) is 15.9. The summed E-state index contributed by atoms with van der Waals surface area (Å²) in [6.45, 7) is 4.36. The monoisotopic (exact) mass is 207 g/mol. The number of imidazole rings is 1. The molecule has 0 spiro atoms. The van der Waals surface area contributed by atoms with Gasteiger partial charge in [0.15, 0.2) is 0 Å². The molecule has 1 aliphatic rings. The average Bonchev–Trinajstić information content (AvgIpc) is 3.01. The number of nitrogens with two attached hydrogens (primary N) is 1. The topological polar surface area (TPSA) is 43.8 Å². The van der Waals surface area contributed by atoms with E-state index in [0.717, 1.165) is 24.4 Å². The maximum absolute atomic E-state index is 6.16. The van der Waals surface area contributed by atoms with E-state index in [9.17, 15) is 0 Å². The lowest BCUT2D eigenvalue weighted by Gasteiger charge is -2.06. The van der Waals surface area contributed by atoms with Crippen LogP contribution in [-0.4, -0.2) is 9.55 Å². The molecule has 2 rings (SSSR count). The summed E-state index contributed by atoms with van der Waals surface area (Å²) in [5.41, 5.74) is 7.29. The molecule has 1 saturated carbocycles. The molecule has 1 aliphatic carbocycles. The van der Waals surface area contributed by atoms with Crippen LogP contribution in [0.1, 0.15) is 57.1 Å². The molecule has 3 nitrogen and oxygen atoms in total. The molecule has 15 heavy (non-hydrogen) atoms. The summed E-state index contributed by atoms with van der Waals surface area (Å²) < 4.78 is 2.27. The standard InChI is InChI=1S/C12H21N3/c1-3-5-6-10-12(13)15(9-7-8-9)11(4-2)14-10/h9H,3-8,13H2,1-2H3. The Bertz CT molecular complexity index is 337. The molecule has 0 radical (unpaired) electrons. The van der Waals surface area contributed by atoms with Crippen LogP contribution in [0.4, 0.5) is 5.82 Å². The van der Waals surface area contributed by atoms with Gasteiger partial charge in [0.25, 0.3) is 0 Å². The Balaban J connectivity index is 2.23. The summed E-state index contributed by atoms with van der Waals surface area (Å²) in [6, 6.07) is 0.655. The Morgan fingerprint density at radius 1 is 1.40 bits per heavy atom. The van der Waals surface area contributed by atoms with Crippen molar-refractivity contribution in [1.82, 2.24) is 9.55 Å². The Labute approximate surface area is 91.7 Å². The van der Waals surface area contributed by atoms with E-state index < -0.39 is 0 Å². The van der Waals surface area contributed by atoms with Gasteiger partial charge in [-0.3, -0.25) is 0 Å². The van der Waals surface area contributed by atoms with E-state index in [2.05, 4.69) is 23.4 Å². The second-order valence-electron chi connectivity index (χ2n) is 4.42. The smallest absolute Gasteiger partial charge is 0.127 e. The van der Waals surface area contributed by atoms with E-state index in [4.69, 9.17) is 5.73 Å². The molecule has 0 aromatic carbocycles. The number of hydrogen-bond acceptors (Lipinski definition) is 2. The lowest BCUT2D eigenvalue weighted by atomic mass is 10.2. The lowest BCUT2D eigenvalue weighted by Crippen LogP contribution is -2.04. The molecule has 1 heterocycles. The lowest BCUT2D eigenvalue weighted by molar-refractivity contribution is 0.696. The van der Waals surface area contributed by atoms with Crippen LogP contribution in [0.25, 0.3) is 0 Å². The summed E-state index contributed by atoms with van der Waals surface area (Å²) in [4.78, 5) is 4.66. The molecule has 0 amide bonds. The molecule has 2 N–H and O–H groups in total. The molecule has 84 valence electrons. The van der Waals surface area contributed by atoms with Crippen molar-refractivity contribution in [2.45, 2.75) is 58.4 Å². The van der Waals surface area contributed by atoms with Crippen molar-refractivity contribution in [3.63, 3.8) is 0 Å². The van der Waals surface area contributed by atoms with E-state index in [1.54, 1.807) is 0 Å². The van der Waals surface area contributed by atoms with E-state index in [0.29, 0.717) is 6.04 Å². The van der Waals surface area contributed by atoms with Gasteiger partial charge in [-0.15, -0.1) is 0 Å².